The average molecular weight is 859 g/mol. The number of carbonyl (C=O) groups excluding carboxylic acids is 2. The van der Waals surface area contributed by atoms with Gasteiger partial charge in [0.05, 0.1) is 18.8 Å². The zero-order chi connectivity index (χ0) is 43.9. The molecule has 3 saturated heterocycles. The molecule has 3 aliphatic heterocycles. The van der Waals surface area contributed by atoms with Gasteiger partial charge >= 0.3 is 5.69 Å². The Bertz CT molecular complexity index is 1610. The molecule has 0 aliphatic carbocycles. The van der Waals surface area contributed by atoms with Gasteiger partial charge in [-0.3, -0.25) is 23.9 Å². The fourth-order valence-electron chi connectivity index (χ4n) is 7.85. The van der Waals surface area contributed by atoms with Gasteiger partial charge in [0, 0.05) is 25.6 Å². The van der Waals surface area contributed by atoms with Crippen molar-refractivity contribution in [2.45, 2.75) is 196 Å². The molecule has 0 bridgehead atoms. The molecule has 2 amide bonds. The molecule has 20 nitrogen and oxygen atoms in total. The summed E-state index contributed by atoms with van der Waals surface area (Å²) in [5.74, 6) is -1.35. The lowest BCUT2D eigenvalue weighted by Crippen LogP contribution is -2.68. The first-order chi connectivity index (χ1) is 28.7. The number of amides is 2. The summed E-state index contributed by atoms with van der Waals surface area (Å²) >= 11 is 0. The number of hydrogen-bond donors (Lipinski definition) is 11. The largest absolute Gasteiger partial charge is 0.394 e. The molecule has 3 fully saturated rings. The molecular formula is C40H66N4O16. The van der Waals surface area contributed by atoms with Crippen molar-refractivity contribution in [2.24, 2.45) is 0 Å². The third kappa shape index (κ3) is 13.7. The fourth-order valence-corrected chi connectivity index (χ4v) is 7.85. The first kappa shape index (κ1) is 49.5. The quantitative estimate of drug-likeness (QED) is 0.0438. The molecule has 20 heteroatoms. The maximum Gasteiger partial charge on any atom is 0.330 e. The third-order valence-electron chi connectivity index (χ3n) is 11.3. The van der Waals surface area contributed by atoms with Crippen molar-refractivity contribution in [3.05, 3.63) is 45.3 Å². The van der Waals surface area contributed by atoms with Crippen LogP contribution in [0.1, 0.15) is 110 Å². The second kappa shape index (κ2) is 24.5. The van der Waals surface area contributed by atoms with Crippen LogP contribution in [0.15, 0.2) is 34.0 Å². The van der Waals surface area contributed by atoms with Crippen LogP contribution in [-0.4, -0.2) is 155 Å². The zero-order valence-corrected chi connectivity index (χ0v) is 34.4. The second-order valence-corrected chi connectivity index (χ2v) is 16.0. The standard InChI is InChI=1S/C40H66N4O16/c1-3-4-5-6-7-8-9-10-11-12-13-14-15-16-17-26(48)42-29-33(53)30(50)24(57-39(29)60-38-28(41-22(2)46)32(52)31(51)25(21-45)58-38)20-23(47)36-34(54)35(55)37(59-36)44-19-18-27(49)43-40(44)56/h16-19,23-25,28-39,45,47,50-55H,3-15,20-21H2,1-2H3,(H,41,46)(H,42,48)(H,43,49,56)/b17-16+/t23-,24+,25+,28+,29+,30-,31+,32+,33+,34-,35+,36+,37+,38+,39-/m0/s1. The van der Waals surface area contributed by atoms with E-state index < -0.39 is 128 Å². The monoisotopic (exact) mass is 858 g/mol. The number of unbranched alkanes of at least 4 members (excludes halogenated alkanes) is 12. The third-order valence-corrected chi connectivity index (χ3v) is 11.3. The molecule has 0 aromatic carbocycles. The molecule has 0 radical (unpaired) electrons. The smallest absolute Gasteiger partial charge is 0.330 e. The Labute approximate surface area is 348 Å². The van der Waals surface area contributed by atoms with Gasteiger partial charge in [0.15, 0.2) is 18.8 Å². The Hall–Kier alpha value is -3.12. The molecule has 0 unspecified atom stereocenters. The highest BCUT2D eigenvalue weighted by molar-refractivity contribution is 5.87. The van der Waals surface area contributed by atoms with Crippen LogP contribution < -0.4 is 21.9 Å². The van der Waals surface area contributed by atoms with Crippen molar-refractivity contribution >= 4 is 11.8 Å². The van der Waals surface area contributed by atoms with Crippen LogP contribution in [-0.2, 0) is 28.5 Å². The van der Waals surface area contributed by atoms with Gasteiger partial charge in [0.25, 0.3) is 5.56 Å². The van der Waals surface area contributed by atoms with Gasteiger partial charge in [-0.15, -0.1) is 0 Å². The van der Waals surface area contributed by atoms with Crippen molar-refractivity contribution in [1.29, 1.82) is 0 Å². The molecule has 15 atom stereocenters. The van der Waals surface area contributed by atoms with E-state index in [4.69, 9.17) is 18.9 Å². The lowest BCUT2D eigenvalue weighted by atomic mass is 9.91. The molecule has 0 spiro atoms. The van der Waals surface area contributed by atoms with Gasteiger partial charge in [-0.05, 0) is 18.9 Å². The van der Waals surface area contributed by atoms with Crippen LogP contribution >= 0.6 is 0 Å². The van der Waals surface area contributed by atoms with Gasteiger partial charge in [0.1, 0.15) is 60.9 Å². The van der Waals surface area contributed by atoms with Gasteiger partial charge < -0.3 is 70.4 Å². The number of aromatic nitrogens is 2. The summed E-state index contributed by atoms with van der Waals surface area (Å²) in [6.45, 7) is 2.56. The van der Waals surface area contributed by atoms with Crippen molar-refractivity contribution in [1.82, 2.24) is 20.2 Å². The Morgan fingerprint density at radius 1 is 0.783 bits per heavy atom. The molecule has 0 saturated carbocycles. The molecular weight excluding hydrogens is 792 g/mol. The topological polar surface area (TPSA) is 312 Å². The highest BCUT2D eigenvalue weighted by Gasteiger charge is 2.53. The number of nitrogens with zero attached hydrogens (tertiary/aromatic N) is 1. The number of aliphatic hydroxyl groups excluding tert-OH is 8. The minimum atomic E-state index is -1.85. The summed E-state index contributed by atoms with van der Waals surface area (Å²) in [6.07, 6.45) is -3.63. The summed E-state index contributed by atoms with van der Waals surface area (Å²) in [4.78, 5) is 51.2. The minimum absolute atomic E-state index is 0.597. The van der Waals surface area contributed by atoms with Gasteiger partial charge in [0.2, 0.25) is 11.8 Å². The van der Waals surface area contributed by atoms with E-state index in [1.807, 2.05) is 4.98 Å². The van der Waals surface area contributed by atoms with Crippen molar-refractivity contribution in [3.63, 3.8) is 0 Å². The summed E-state index contributed by atoms with van der Waals surface area (Å²) < 4.78 is 24.1. The Kier molecular flexibility index (Phi) is 20.2. The van der Waals surface area contributed by atoms with Crippen LogP contribution in [0.4, 0.5) is 0 Å². The summed E-state index contributed by atoms with van der Waals surface area (Å²) in [5.41, 5.74) is -1.68. The molecule has 3 aliphatic rings. The Balaban J connectivity index is 1.42. The summed E-state index contributed by atoms with van der Waals surface area (Å²) in [7, 11) is 0. The van der Waals surface area contributed by atoms with Crippen LogP contribution in [0, 0.1) is 0 Å². The lowest BCUT2D eigenvalue weighted by molar-refractivity contribution is -0.346. The molecule has 60 heavy (non-hydrogen) atoms. The number of aliphatic hydroxyl groups is 8. The summed E-state index contributed by atoms with van der Waals surface area (Å²) in [6, 6.07) is -2.01. The van der Waals surface area contributed by atoms with Gasteiger partial charge in [-0.25, -0.2) is 4.79 Å². The molecule has 4 heterocycles. The fraction of sp³-hybridized carbons (Fsp3) is 0.800. The number of hydrogen-bond acceptors (Lipinski definition) is 16. The number of carbonyl (C=O) groups is 2. The van der Waals surface area contributed by atoms with E-state index in [1.165, 1.54) is 57.4 Å². The van der Waals surface area contributed by atoms with Crippen molar-refractivity contribution < 1.29 is 69.4 Å². The molecule has 1 aromatic rings. The number of allylic oxidation sites excluding steroid dienone is 1. The minimum Gasteiger partial charge on any atom is -0.394 e. The molecule has 342 valence electrons. The van der Waals surface area contributed by atoms with Crippen LogP contribution in [0.5, 0.6) is 0 Å². The van der Waals surface area contributed by atoms with E-state index in [0.29, 0.717) is 6.42 Å². The maximum atomic E-state index is 13.2. The maximum absolute atomic E-state index is 13.2. The first-order valence-corrected chi connectivity index (χ1v) is 21.2. The van der Waals surface area contributed by atoms with E-state index in [0.717, 1.165) is 49.4 Å². The van der Waals surface area contributed by atoms with Gasteiger partial charge in [-0.2, -0.15) is 0 Å². The SMILES string of the molecule is CCCCCCCCCCCCCC/C=C/C(=O)N[C@H]1[C@H](O[C@H]2O[C@H](CO)[C@@H](O)[C@H](O)[C@H]2NC(C)=O)O[C@H](C[C@H](O)[C@H]2O[C@@H](n3ccc(=O)[nH]c3=O)[C@H](O)[C@@H]2O)[C@H](O)[C@@H]1O. The highest BCUT2D eigenvalue weighted by atomic mass is 16.8. The van der Waals surface area contributed by atoms with E-state index in [9.17, 15) is 60.0 Å². The summed E-state index contributed by atoms with van der Waals surface area (Å²) in [5, 5.41) is 91.5. The van der Waals surface area contributed by atoms with E-state index >= 15 is 0 Å². The second-order valence-electron chi connectivity index (χ2n) is 16.0. The highest BCUT2D eigenvalue weighted by Crippen LogP contribution is 2.34. The molecule has 11 N–H and O–H groups in total. The van der Waals surface area contributed by atoms with Crippen LogP contribution in [0.2, 0.25) is 0 Å². The van der Waals surface area contributed by atoms with Crippen molar-refractivity contribution in [3.8, 4) is 0 Å². The Morgan fingerprint density at radius 2 is 1.33 bits per heavy atom. The number of rotatable bonds is 23. The zero-order valence-electron chi connectivity index (χ0n) is 34.4. The Morgan fingerprint density at radius 3 is 1.90 bits per heavy atom. The normalized spacial score (nSPS) is 33.8. The van der Waals surface area contributed by atoms with Gasteiger partial charge in [-0.1, -0.05) is 83.6 Å². The van der Waals surface area contributed by atoms with E-state index in [-0.39, 0.29) is 0 Å². The number of nitrogens with one attached hydrogen (secondary N) is 3. The average Bonchev–Trinajstić information content (AvgIpc) is 3.50. The van der Waals surface area contributed by atoms with E-state index in [1.54, 1.807) is 6.08 Å². The van der Waals surface area contributed by atoms with E-state index in [2.05, 4.69) is 17.6 Å². The number of H-pyrrole nitrogens is 1. The lowest BCUT2D eigenvalue weighted by Gasteiger charge is -2.47. The first-order valence-electron chi connectivity index (χ1n) is 21.2. The molecule has 4 rings (SSSR count). The predicted molar refractivity (Wildman–Crippen MR) is 212 cm³/mol. The molecule has 1 aromatic heterocycles. The number of ether oxygens (including phenoxy) is 4. The van der Waals surface area contributed by atoms with Crippen LogP contribution in [0.3, 0.4) is 0 Å². The number of aromatic amines is 1. The van der Waals surface area contributed by atoms with Crippen LogP contribution in [0.25, 0.3) is 0 Å². The predicted octanol–water partition coefficient (Wildman–Crippen LogP) is -1.55. The van der Waals surface area contributed by atoms with Crippen molar-refractivity contribution in [2.75, 3.05) is 6.61 Å².